The van der Waals surface area contributed by atoms with Gasteiger partial charge in [-0.05, 0) is 18.6 Å². The lowest BCUT2D eigenvalue weighted by molar-refractivity contribution is 0.290. The van der Waals surface area contributed by atoms with E-state index >= 15 is 0 Å². The van der Waals surface area contributed by atoms with Crippen LogP contribution in [0.15, 0.2) is 30.6 Å². The summed E-state index contributed by atoms with van der Waals surface area (Å²) in [5, 5.41) is 4.02. The molecule has 0 bridgehead atoms. The number of rotatable bonds is 4. The average Bonchev–Trinajstić information content (AvgIpc) is 2.70. The number of anilines is 1. The second-order valence-electron chi connectivity index (χ2n) is 3.80. The van der Waals surface area contributed by atoms with Gasteiger partial charge in [-0.2, -0.15) is 5.10 Å². The molecule has 2 N–H and O–H groups in total. The first-order valence-electron chi connectivity index (χ1n) is 5.32. The molecule has 0 unspecified atom stereocenters. The summed E-state index contributed by atoms with van der Waals surface area (Å²) in [5.74, 6) is 0.263. The number of aryl methyl sites for hydroxylation is 1. The number of ether oxygens (including phenoxy) is 1. The fourth-order valence-corrected chi connectivity index (χ4v) is 1.42. The van der Waals surface area contributed by atoms with Crippen LogP contribution >= 0.6 is 0 Å². The van der Waals surface area contributed by atoms with E-state index in [9.17, 15) is 4.39 Å². The molecular formula is C12H14FN3O. The number of hydrogen-bond donors (Lipinski definition) is 1. The summed E-state index contributed by atoms with van der Waals surface area (Å²) >= 11 is 0. The van der Waals surface area contributed by atoms with E-state index in [4.69, 9.17) is 10.5 Å². The summed E-state index contributed by atoms with van der Waals surface area (Å²) in [6.45, 7) is 2.71. The Labute approximate surface area is 98.8 Å². The van der Waals surface area contributed by atoms with Crippen molar-refractivity contribution < 1.29 is 9.13 Å². The van der Waals surface area contributed by atoms with E-state index in [0.29, 0.717) is 30.2 Å². The van der Waals surface area contributed by atoms with Crippen LogP contribution in [0.2, 0.25) is 0 Å². The molecule has 1 heterocycles. The Morgan fingerprint density at radius 2 is 2.29 bits per heavy atom. The summed E-state index contributed by atoms with van der Waals surface area (Å²) in [6, 6.07) is 4.82. The smallest absolute Gasteiger partial charge is 0.129 e. The normalized spacial score (nSPS) is 10.5. The maximum atomic E-state index is 13.2. The number of hydrogen-bond acceptors (Lipinski definition) is 3. The van der Waals surface area contributed by atoms with Crippen LogP contribution in [0.5, 0.6) is 5.75 Å². The topological polar surface area (TPSA) is 53.1 Å². The maximum absolute atomic E-state index is 13.2. The van der Waals surface area contributed by atoms with Gasteiger partial charge in [-0.15, -0.1) is 0 Å². The van der Waals surface area contributed by atoms with Gasteiger partial charge in [-0.1, -0.05) is 6.07 Å². The first-order valence-corrected chi connectivity index (χ1v) is 5.32. The van der Waals surface area contributed by atoms with Crippen LogP contribution in [0.4, 0.5) is 10.1 Å². The average molecular weight is 235 g/mol. The molecule has 0 aliphatic rings. The predicted molar refractivity (Wildman–Crippen MR) is 63.3 cm³/mol. The third-order valence-corrected chi connectivity index (χ3v) is 2.39. The lowest BCUT2D eigenvalue weighted by Crippen LogP contribution is -2.08. The van der Waals surface area contributed by atoms with Crippen LogP contribution in [0.3, 0.4) is 0 Å². The molecule has 0 spiro atoms. The highest BCUT2D eigenvalue weighted by atomic mass is 19.1. The molecule has 0 amide bonds. The minimum absolute atomic E-state index is 0.258. The molecule has 2 rings (SSSR count). The molecule has 5 heteroatoms. The molecule has 1 aromatic carbocycles. The summed E-state index contributed by atoms with van der Waals surface area (Å²) < 4.78 is 20.3. The van der Waals surface area contributed by atoms with Crippen LogP contribution in [0.1, 0.15) is 5.56 Å². The van der Waals surface area contributed by atoms with Gasteiger partial charge in [0.05, 0.1) is 18.4 Å². The Hall–Kier alpha value is -2.04. The number of nitrogens with two attached hydrogens (primary N) is 1. The Kier molecular flexibility index (Phi) is 3.27. The summed E-state index contributed by atoms with van der Waals surface area (Å²) in [6.07, 6.45) is 3.30. The van der Waals surface area contributed by atoms with Gasteiger partial charge in [-0.25, -0.2) is 4.39 Å². The summed E-state index contributed by atoms with van der Waals surface area (Å²) in [7, 11) is 0. The molecule has 0 radical (unpaired) electrons. The second-order valence-corrected chi connectivity index (χ2v) is 3.80. The van der Waals surface area contributed by atoms with Gasteiger partial charge in [0.2, 0.25) is 0 Å². The van der Waals surface area contributed by atoms with Gasteiger partial charge in [0.1, 0.15) is 18.2 Å². The van der Waals surface area contributed by atoms with Gasteiger partial charge in [-0.3, -0.25) is 4.68 Å². The molecule has 0 saturated heterocycles. The third kappa shape index (κ3) is 2.96. The number of halogens is 1. The molecule has 0 aliphatic carbocycles. The largest absolute Gasteiger partial charge is 0.492 e. The number of nitrogens with zero attached hydrogens (tertiary/aromatic N) is 2. The molecule has 2 aromatic rings. The Morgan fingerprint density at radius 3 is 2.94 bits per heavy atom. The molecule has 0 saturated carbocycles. The SMILES string of the molecule is Cc1ccc(OCCn2cc(N)cn2)cc1F. The Bertz CT molecular complexity index is 510. The Morgan fingerprint density at radius 1 is 1.47 bits per heavy atom. The van der Waals surface area contributed by atoms with E-state index in [0.717, 1.165) is 0 Å². The highest BCUT2D eigenvalue weighted by molar-refractivity contribution is 5.30. The number of benzene rings is 1. The van der Waals surface area contributed by atoms with Gasteiger partial charge < -0.3 is 10.5 Å². The zero-order chi connectivity index (χ0) is 12.3. The highest BCUT2D eigenvalue weighted by Crippen LogP contribution is 2.15. The molecule has 17 heavy (non-hydrogen) atoms. The van der Waals surface area contributed by atoms with Crippen molar-refractivity contribution in [2.75, 3.05) is 12.3 Å². The first kappa shape index (κ1) is 11.4. The standard InChI is InChI=1S/C12H14FN3O/c1-9-2-3-11(6-12(9)13)17-5-4-16-8-10(14)7-15-16/h2-3,6-8H,4-5,14H2,1H3. The molecular weight excluding hydrogens is 221 g/mol. The molecule has 90 valence electrons. The Balaban J connectivity index is 1.87. The van der Waals surface area contributed by atoms with Crippen LogP contribution < -0.4 is 10.5 Å². The number of nitrogen functional groups attached to an aromatic ring is 1. The van der Waals surface area contributed by atoms with Crippen molar-refractivity contribution in [2.45, 2.75) is 13.5 Å². The van der Waals surface area contributed by atoms with Gasteiger partial charge in [0, 0.05) is 12.3 Å². The molecule has 0 fully saturated rings. The minimum Gasteiger partial charge on any atom is -0.492 e. The van der Waals surface area contributed by atoms with Crippen molar-refractivity contribution in [1.29, 1.82) is 0 Å². The molecule has 0 atom stereocenters. The predicted octanol–water partition coefficient (Wildman–Crippen LogP) is 1.99. The molecule has 0 aliphatic heterocycles. The van der Waals surface area contributed by atoms with Crippen LogP contribution in [-0.2, 0) is 6.54 Å². The van der Waals surface area contributed by atoms with Crippen molar-refractivity contribution in [3.05, 3.63) is 42.0 Å². The zero-order valence-corrected chi connectivity index (χ0v) is 9.56. The van der Waals surface area contributed by atoms with Crippen molar-refractivity contribution in [2.24, 2.45) is 0 Å². The lowest BCUT2D eigenvalue weighted by atomic mass is 10.2. The van der Waals surface area contributed by atoms with Crippen molar-refractivity contribution in [3.63, 3.8) is 0 Å². The van der Waals surface area contributed by atoms with Crippen LogP contribution in [-0.4, -0.2) is 16.4 Å². The van der Waals surface area contributed by atoms with Crippen molar-refractivity contribution >= 4 is 5.69 Å². The van der Waals surface area contributed by atoms with E-state index in [1.165, 1.54) is 6.07 Å². The fourth-order valence-electron chi connectivity index (χ4n) is 1.42. The van der Waals surface area contributed by atoms with E-state index in [2.05, 4.69) is 5.10 Å². The van der Waals surface area contributed by atoms with E-state index < -0.39 is 0 Å². The van der Waals surface area contributed by atoms with Crippen LogP contribution in [0.25, 0.3) is 0 Å². The van der Waals surface area contributed by atoms with Crippen LogP contribution in [0, 0.1) is 12.7 Å². The van der Waals surface area contributed by atoms with Gasteiger partial charge >= 0.3 is 0 Å². The fraction of sp³-hybridized carbons (Fsp3) is 0.250. The van der Waals surface area contributed by atoms with Gasteiger partial charge in [0.25, 0.3) is 0 Å². The van der Waals surface area contributed by atoms with E-state index in [-0.39, 0.29) is 5.82 Å². The zero-order valence-electron chi connectivity index (χ0n) is 9.56. The second kappa shape index (κ2) is 4.86. The van der Waals surface area contributed by atoms with E-state index in [1.807, 2.05) is 0 Å². The molecule has 1 aromatic heterocycles. The summed E-state index contributed by atoms with van der Waals surface area (Å²) in [5.41, 5.74) is 6.75. The third-order valence-electron chi connectivity index (χ3n) is 2.39. The monoisotopic (exact) mass is 235 g/mol. The van der Waals surface area contributed by atoms with Crippen molar-refractivity contribution in [3.8, 4) is 5.75 Å². The quantitative estimate of drug-likeness (QED) is 0.881. The number of aromatic nitrogens is 2. The van der Waals surface area contributed by atoms with Crippen molar-refractivity contribution in [1.82, 2.24) is 9.78 Å². The summed E-state index contributed by atoms with van der Waals surface area (Å²) in [4.78, 5) is 0. The van der Waals surface area contributed by atoms with E-state index in [1.54, 1.807) is 36.1 Å². The van der Waals surface area contributed by atoms with Gasteiger partial charge in [0.15, 0.2) is 0 Å². The minimum atomic E-state index is -0.258. The first-order chi connectivity index (χ1) is 8.15. The molecule has 4 nitrogen and oxygen atoms in total. The lowest BCUT2D eigenvalue weighted by Gasteiger charge is -2.07. The maximum Gasteiger partial charge on any atom is 0.129 e. The highest BCUT2D eigenvalue weighted by Gasteiger charge is 2.00.